The summed E-state index contributed by atoms with van der Waals surface area (Å²) in [6.07, 6.45) is 3.85. The molecule has 0 spiro atoms. The number of hydrogen-bond donors (Lipinski definition) is 3. The van der Waals surface area contributed by atoms with Crippen LogP contribution in [0, 0.1) is 13.8 Å². The second kappa shape index (κ2) is 8.23. The third kappa shape index (κ3) is 4.16. The first-order chi connectivity index (χ1) is 13.8. The lowest BCUT2D eigenvalue weighted by Gasteiger charge is -2.13. The van der Waals surface area contributed by atoms with E-state index >= 15 is 0 Å². The van der Waals surface area contributed by atoms with E-state index < -0.39 is 23.0 Å². The van der Waals surface area contributed by atoms with Crippen molar-refractivity contribution in [2.75, 3.05) is 0 Å². The van der Waals surface area contributed by atoms with Crippen molar-refractivity contribution in [3.8, 4) is 11.6 Å². The Bertz CT molecular complexity index is 1230. The molecule has 3 N–H and O–H groups in total. The number of nitrogens with one attached hydrogen (secondary N) is 2. The summed E-state index contributed by atoms with van der Waals surface area (Å²) in [5.41, 5.74) is 2.52. The normalized spacial score (nSPS) is 11.0. The predicted molar refractivity (Wildman–Crippen MR) is 111 cm³/mol. The SMILES string of the molecule is Cc1cc(-n2c(O)c(C=NNC(=O)c3cccnc3)c(=O)[nH]c2=O)c(C)cc1Br. The molecule has 0 saturated heterocycles. The van der Waals surface area contributed by atoms with Crippen LogP contribution in [-0.2, 0) is 0 Å². The van der Waals surface area contributed by atoms with Crippen LogP contribution >= 0.6 is 15.9 Å². The quantitative estimate of drug-likeness (QED) is 0.406. The summed E-state index contributed by atoms with van der Waals surface area (Å²) in [5.74, 6) is -1.14. The lowest BCUT2D eigenvalue weighted by molar-refractivity contribution is 0.0954. The number of aromatic hydroxyl groups is 1. The number of amides is 1. The Labute approximate surface area is 172 Å². The van der Waals surface area contributed by atoms with Gasteiger partial charge >= 0.3 is 5.69 Å². The first-order valence-corrected chi connectivity index (χ1v) is 9.17. The Balaban J connectivity index is 2.00. The molecule has 0 aliphatic carbocycles. The van der Waals surface area contributed by atoms with Gasteiger partial charge in [-0.2, -0.15) is 5.10 Å². The third-order valence-electron chi connectivity index (χ3n) is 4.12. The van der Waals surface area contributed by atoms with Gasteiger partial charge in [-0.05, 0) is 49.2 Å². The average Bonchev–Trinajstić information content (AvgIpc) is 2.68. The molecule has 2 aromatic heterocycles. The number of aryl methyl sites for hydroxylation is 2. The Morgan fingerprint density at radius 2 is 2.07 bits per heavy atom. The smallest absolute Gasteiger partial charge is 0.335 e. The van der Waals surface area contributed by atoms with E-state index in [0.717, 1.165) is 20.8 Å². The summed E-state index contributed by atoms with van der Waals surface area (Å²) < 4.78 is 1.82. The van der Waals surface area contributed by atoms with Crippen molar-refractivity contribution < 1.29 is 9.90 Å². The summed E-state index contributed by atoms with van der Waals surface area (Å²) >= 11 is 3.41. The van der Waals surface area contributed by atoms with Gasteiger partial charge in [0, 0.05) is 16.9 Å². The molecule has 1 amide bonds. The van der Waals surface area contributed by atoms with Crippen molar-refractivity contribution in [3.05, 3.63) is 84.2 Å². The number of halogens is 1. The van der Waals surface area contributed by atoms with E-state index in [1.165, 1.54) is 12.4 Å². The first kappa shape index (κ1) is 20.2. The number of hydrogen-bond acceptors (Lipinski definition) is 6. The topological polar surface area (TPSA) is 129 Å². The van der Waals surface area contributed by atoms with Crippen LogP contribution in [0.25, 0.3) is 5.69 Å². The van der Waals surface area contributed by atoms with E-state index in [1.54, 1.807) is 31.2 Å². The summed E-state index contributed by atoms with van der Waals surface area (Å²) in [5, 5.41) is 14.3. The molecule has 0 aliphatic heterocycles. The summed E-state index contributed by atoms with van der Waals surface area (Å²) in [4.78, 5) is 42.4. The molecule has 3 rings (SSSR count). The maximum Gasteiger partial charge on any atom is 0.335 e. The number of benzene rings is 1. The van der Waals surface area contributed by atoms with Crippen LogP contribution in [0.4, 0.5) is 0 Å². The van der Waals surface area contributed by atoms with Crippen molar-refractivity contribution in [2.45, 2.75) is 13.8 Å². The second-order valence-corrected chi connectivity index (χ2v) is 7.02. The van der Waals surface area contributed by atoms with Crippen molar-refractivity contribution in [1.82, 2.24) is 20.0 Å². The van der Waals surface area contributed by atoms with Crippen LogP contribution < -0.4 is 16.7 Å². The summed E-state index contributed by atoms with van der Waals surface area (Å²) in [6.45, 7) is 3.59. The fraction of sp³-hybridized carbons (Fsp3) is 0.105. The number of nitrogens with zero attached hydrogens (tertiary/aromatic N) is 3. The maximum absolute atomic E-state index is 12.3. The third-order valence-corrected chi connectivity index (χ3v) is 4.98. The molecule has 0 fully saturated rings. The minimum Gasteiger partial charge on any atom is -0.493 e. The number of carbonyl (C=O) groups is 1. The zero-order valence-corrected chi connectivity index (χ0v) is 17.0. The molecule has 0 radical (unpaired) electrons. The van der Waals surface area contributed by atoms with E-state index in [1.807, 2.05) is 6.92 Å². The highest BCUT2D eigenvalue weighted by atomic mass is 79.9. The highest BCUT2D eigenvalue weighted by Gasteiger charge is 2.16. The zero-order chi connectivity index (χ0) is 21.1. The molecule has 148 valence electrons. The second-order valence-electron chi connectivity index (χ2n) is 6.16. The number of hydrazone groups is 1. The van der Waals surface area contributed by atoms with E-state index in [2.05, 4.69) is 36.4 Å². The number of rotatable bonds is 4. The number of aromatic amines is 1. The van der Waals surface area contributed by atoms with Gasteiger partial charge in [0.2, 0.25) is 5.88 Å². The van der Waals surface area contributed by atoms with E-state index in [4.69, 9.17) is 0 Å². The van der Waals surface area contributed by atoms with Gasteiger partial charge in [0.05, 0.1) is 17.5 Å². The fourth-order valence-electron chi connectivity index (χ4n) is 2.60. The van der Waals surface area contributed by atoms with Crippen LogP contribution in [-0.4, -0.2) is 31.8 Å². The molecule has 0 atom stereocenters. The Morgan fingerprint density at radius 1 is 1.31 bits per heavy atom. The van der Waals surface area contributed by atoms with E-state index in [9.17, 15) is 19.5 Å². The van der Waals surface area contributed by atoms with Crippen LogP contribution in [0.1, 0.15) is 27.0 Å². The lowest BCUT2D eigenvalue weighted by atomic mass is 10.1. The average molecular weight is 458 g/mol. The molecule has 2 heterocycles. The Morgan fingerprint density at radius 3 is 2.76 bits per heavy atom. The van der Waals surface area contributed by atoms with Gasteiger partial charge in [0.15, 0.2) is 0 Å². The molecule has 0 bridgehead atoms. The van der Waals surface area contributed by atoms with Crippen LogP contribution in [0.15, 0.2) is 55.8 Å². The van der Waals surface area contributed by atoms with Gasteiger partial charge in [0.1, 0.15) is 5.56 Å². The molecule has 0 saturated carbocycles. The minimum atomic E-state index is -0.838. The van der Waals surface area contributed by atoms with Gasteiger partial charge in [0.25, 0.3) is 11.5 Å². The number of pyridine rings is 1. The molecule has 10 heteroatoms. The fourth-order valence-corrected chi connectivity index (χ4v) is 3.06. The Hall–Kier alpha value is -3.53. The van der Waals surface area contributed by atoms with Crippen LogP contribution in [0.5, 0.6) is 5.88 Å². The van der Waals surface area contributed by atoms with E-state index in [0.29, 0.717) is 11.3 Å². The lowest BCUT2D eigenvalue weighted by Crippen LogP contribution is -2.32. The zero-order valence-electron chi connectivity index (χ0n) is 15.4. The van der Waals surface area contributed by atoms with Gasteiger partial charge in [-0.1, -0.05) is 15.9 Å². The maximum atomic E-state index is 12.3. The van der Waals surface area contributed by atoms with Crippen molar-refractivity contribution in [2.24, 2.45) is 5.10 Å². The van der Waals surface area contributed by atoms with Gasteiger partial charge in [-0.3, -0.25) is 19.6 Å². The van der Waals surface area contributed by atoms with Crippen LogP contribution in [0.2, 0.25) is 0 Å². The molecule has 3 aromatic rings. The molecule has 29 heavy (non-hydrogen) atoms. The summed E-state index contributed by atoms with van der Waals surface area (Å²) in [7, 11) is 0. The van der Waals surface area contributed by atoms with Crippen molar-refractivity contribution in [1.29, 1.82) is 0 Å². The standard InChI is InChI=1S/C19H16BrN5O4/c1-10-7-15(11(2)6-14(10)20)25-18(28)13(17(27)23-19(25)29)9-22-24-16(26)12-4-3-5-21-8-12/h3-9,28H,1-2H3,(H,24,26)(H,23,27,29). The molecule has 1 aromatic carbocycles. The van der Waals surface area contributed by atoms with Gasteiger partial charge < -0.3 is 5.11 Å². The molecule has 9 nitrogen and oxygen atoms in total. The summed E-state index contributed by atoms with van der Waals surface area (Å²) in [6, 6.07) is 6.63. The van der Waals surface area contributed by atoms with Crippen molar-refractivity contribution >= 4 is 28.1 Å². The number of carbonyl (C=O) groups excluding carboxylic acids is 1. The van der Waals surface area contributed by atoms with Crippen molar-refractivity contribution in [3.63, 3.8) is 0 Å². The number of aromatic nitrogens is 3. The molecule has 0 unspecified atom stereocenters. The highest BCUT2D eigenvalue weighted by molar-refractivity contribution is 9.10. The first-order valence-electron chi connectivity index (χ1n) is 8.38. The molecular weight excluding hydrogens is 442 g/mol. The number of H-pyrrole nitrogens is 1. The van der Waals surface area contributed by atoms with E-state index in [-0.39, 0.29) is 11.1 Å². The van der Waals surface area contributed by atoms with Gasteiger partial charge in [-0.25, -0.2) is 14.8 Å². The minimum absolute atomic E-state index is 0.272. The molecule has 0 aliphatic rings. The molecular formula is C19H16BrN5O4. The van der Waals surface area contributed by atoms with Crippen LogP contribution in [0.3, 0.4) is 0 Å². The monoisotopic (exact) mass is 457 g/mol. The van der Waals surface area contributed by atoms with Gasteiger partial charge in [-0.15, -0.1) is 0 Å². The highest BCUT2D eigenvalue weighted by Crippen LogP contribution is 2.25. The Kier molecular flexibility index (Phi) is 5.74. The predicted octanol–water partition coefficient (Wildman–Crippen LogP) is 1.77. The largest absolute Gasteiger partial charge is 0.493 e.